The zero-order valence-electron chi connectivity index (χ0n) is 10.3. The van der Waals surface area contributed by atoms with E-state index in [2.05, 4.69) is 35.0 Å². The number of hydrogen-bond donors (Lipinski definition) is 4. The monoisotopic (exact) mass is 297 g/mol. The van der Waals surface area contributed by atoms with E-state index < -0.39 is 5.69 Å². The maximum atomic E-state index is 11.3. The fourth-order valence-electron chi connectivity index (χ4n) is 1.34. The molecule has 0 saturated carbocycles. The van der Waals surface area contributed by atoms with E-state index in [0.29, 0.717) is 5.69 Å². The van der Waals surface area contributed by atoms with Crippen molar-refractivity contribution in [1.29, 1.82) is 0 Å². The highest BCUT2D eigenvalue weighted by Crippen LogP contribution is 2.22. The molecule has 9 nitrogen and oxygen atoms in total. The molecular weight excluding hydrogens is 286 g/mol. The van der Waals surface area contributed by atoms with Gasteiger partial charge >= 0.3 is 5.69 Å². The van der Waals surface area contributed by atoms with Gasteiger partial charge in [0.05, 0.1) is 12.0 Å². The lowest BCUT2D eigenvalue weighted by Crippen LogP contribution is -2.16. The van der Waals surface area contributed by atoms with Gasteiger partial charge in [-0.15, -0.1) is 4.33 Å². The summed E-state index contributed by atoms with van der Waals surface area (Å²) in [4.78, 5) is 22.1. The van der Waals surface area contributed by atoms with Crippen LogP contribution in [0.3, 0.4) is 0 Å². The summed E-state index contributed by atoms with van der Waals surface area (Å²) in [6.45, 7) is 0. The second-order valence-corrected chi connectivity index (χ2v) is 4.23. The molecule has 0 unspecified atom stereocenters. The number of anilines is 3. The van der Waals surface area contributed by atoms with Crippen LogP contribution in [-0.4, -0.2) is 27.3 Å². The van der Waals surface area contributed by atoms with E-state index >= 15 is 0 Å². The van der Waals surface area contributed by atoms with Crippen molar-refractivity contribution in [2.75, 3.05) is 17.7 Å². The van der Waals surface area contributed by atoms with Gasteiger partial charge in [0.15, 0.2) is 0 Å². The Morgan fingerprint density at radius 2 is 2.05 bits per heavy atom. The molecule has 106 valence electrons. The summed E-state index contributed by atoms with van der Waals surface area (Å²) in [6, 6.07) is 6.93. The van der Waals surface area contributed by atoms with E-state index in [1.807, 2.05) is 0 Å². The number of nitrogens with zero attached hydrogens (tertiary/aromatic N) is 2. The van der Waals surface area contributed by atoms with Gasteiger partial charge in [0.2, 0.25) is 11.9 Å². The van der Waals surface area contributed by atoms with Crippen LogP contribution in [0.1, 0.15) is 0 Å². The van der Waals surface area contributed by atoms with E-state index in [4.69, 9.17) is 5.26 Å². The maximum absolute atomic E-state index is 11.3. The molecular formula is C10H11N5O4S. The molecule has 0 spiro atoms. The Hall–Kier alpha value is -2.14. The molecule has 1 aromatic heterocycles. The van der Waals surface area contributed by atoms with E-state index in [1.165, 1.54) is 0 Å². The first-order chi connectivity index (χ1) is 9.71. The largest absolute Gasteiger partial charge is 0.357 e. The third kappa shape index (κ3) is 3.93. The van der Waals surface area contributed by atoms with Gasteiger partial charge < -0.3 is 10.6 Å². The Labute approximate surface area is 117 Å². The second-order valence-electron chi connectivity index (χ2n) is 3.45. The number of rotatable bonds is 6. The Morgan fingerprint density at radius 1 is 1.30 bits per heavy atom. The Morgan fingerprint density at radius 3 is 2.70 bits per heavy atom. The predicted octanol–water partition coefficient (Wildman–Crippen LogP) is 1.38. The van der Waals surface area contributed by atoms with Crippen LogP contribution in [0.15, 0.2) is 34.0 Å². The molecule has 10 heteroatoms. The van der Waals surface area contributed by atoms with Gasteiger partial charge in [-0.25, -0.2) is 10.1 Å². The lowest BCUT2D eigenvalue weighted by Gasteiger charge is -2.06. The second kappa shape index (κ2) is 6.86. The maximum Gasteiger partial charge on any atom is 0.351 e. The van der Waals surface area contributed by atoms with Crippen molar-refractivity contribution in [3.8, 4) is 0 Å². The van der Waals surface area contributed by atoms with Crippen molar-refractivity contribution in [3.63, 3.8) is 0 Å². The standard InChI is InChI=1S/C10H11N5O4S/c1-11-8-13-9(15-10(16)14-8)12-6-2-4-7(5-3-6)20-19-18-17/h2-5,17H,1H3,(H3,11,12,13,14,15,16). The van der Waals surface area contributed by atoms with Gasteiger partial charge in [0.1, 0.15) is 0 Å². The SMILES string of the molecule is CNc1nc(Nc2ccc(SOOO)cc2)[nH]c(=O)n1. The Bertz CT molecular complexity index is 618. The van der Waals surface area contributed by atoms with Crippen molar-refractivity contribution in [1.82, 2.24) is 15.0 Å². The molecule has 2 aromatic rings. The zero-order chi connectivity index (χ0) is 14.4. The van der Waals surface area contributed by atoms with Gasteiger partial charge in [0, 0.05) is 17.6 Å². The molecule has 0 fully saturated rings. The number of aromatic amines is 1. The average Bonchev–Trinajstić information content (AvgIpc) is 2.46. The molecule has 0 aliphatic carbocycles. The summed E-state index contributed by atoms with van der Waals surface area (Å²) < 4.78 is 4.30. The minimum absolute atomic E-state index is 0.219. The molecule has 0 radical (unpaired) electrons. The van der Waals surface area contributed by atoms with Crippen LogP contribution >= 0.6 is 12.0 Å². The van der Waals surface area contributed by atoms with Crippen molar-refractivity contribution in [3.05, 3.63) is 34.7 Å². The highest BCUT2D eigenvalue weighted by atomic mass is 32.2. The molecule has 0 aliphatic rings. The minimum Gasteiger partial charge on any atom is -0.357 e. The highest BCUT2D eigenvalue weighted by molar-refractivity contribution is 7.94. The molecule has 0 bridgehead atoms. The normalized spacial score (nSPS) is 10.3. The predicted molar refractivity (Wildman–Crippen MR) is 72.6 cm³/mol. The van der Waals surface area contributed by atoms with Crippen molar-refractivity contribution >= 4 is 29.6 Å². The third-order valence-electron chi connectivity index (χ3n) is 2.15. The molecule has 2 rings (SSSR count). The first kappa shape index (κ1) is 14.3. The summed E-state index contributed by atoms with van der Waals surface area (Å²) in [6.07, 6.45) is 0. The molecule has 1 aromatic carbocycles. The first-order valence-electron chi connectivity index (χ1n) is 5.39. The third-order valence-corrected chi connectivity index (χ3v) is 2.75. The van der Waals surface area contributed by atoms with Crippen LogP contribution in [0.25, 0.3) is 0 Å². The van der Waals surface area contributed by atoms with Crippen LogP contribution in [0, 0.1) is 0 Å². The average molecular weight is 297 g/mol. The summed E-state index contributed by atoms with van der Waals surface area (Å²) >= 11 is 0.851. The fraction of sp³-hybridized carbons (Fsp3) is 0.100. The lowest BCUT2D eigenvalue weighted by atomic mass is 10.3. The Kier molecular flexibility index (Phi) is 4.90. The van der Waals surface area contributed by atoms with Gasteiger partial charge in [-0.05, 0) is 24.3 Å². The molecule has 0 atom stereocenters. The van der Waals surface area contributed by atoms with Gasteiger partial charge in [-0.3, -0.25) is 4.98 Å². The zero-order valence-corrected chi connectivity index (χ0v) is 11.1. The number of nitrogens with one attached hydrogen (secondary N) is 3. The minimum atomic E-state index is -0.507. The van der Waals surface area contributed by atoms with Crippen LogP contribution < -0.4 is 16.3 Å². The number of H-pyrrole nitrogens is 1. The molecule has 20 heavy (non-hydrogen) atoms. The van der Waals surface area contributed by atoms with Gasteiger partial charge in [0.25, 0.3) is 0 Å². The molecule has 4 N–H and O–H groups in total. The van der Waals surface area contributed by atoms with Crippen molar-refractivity contribution < 1.29 is 14.6 Å². The quantitative estimate of drug-likeness (QED) is 0.356. The van der Waals surface area contributed by atoms with Gasteiger partial charge in [-0.2, -0.15) is 9.97 Å². The van der Waals surface area contributed by atoms with Crippen LogP contribution in [0.4, 0.5) is 17.6 Å². The van der Waals surface area contributed by atoms with E-state index in [9.17, 15) is 4.79 Å². The molecule has 0 saturated heterocycles. The number of benzene rings is 1. The topological polar surface area (TPSA) is 121 Å². The van der Waals surface area contributed by atoms with Crippen molar-refractivity contribution in [2.24, 2.45) is 0 Å². The summed E-state index contributed by atoms with van der Waals surface area (Å²) in [5.41, 5.74) is 0.197. The van der Waals surface area contributed by atoms with E-state index in [-0.39, 0.29) is 11.9 Å². The first-order valence-corrected chi connectivity index (χ1v) is 6.13. The fourth-order valence-corrected chi connectivity index (χ4v) is 1.70. The summed E-state index contributed by atoms with van der Waals surface area (Å²) in [7, 11) is 1.62. The van der Waals surface area contributed by atoms with E-state index in [0.717, 1.165) is 16.9 Å². The number of aromatic nitrogens is 3. The van der Waals surface area contributed by atoms with Crippen molar-refractivity contribution in [2.45, 2.75) is 4.90 Å². The van der Waals surface area contributed by atoms with Crippen LogP contribution in [-0.2, 0) is 9.37 Å². The molecule has 0 aliphatic heterocycles. The van der Waals surface area contributed by atoms with Crippen LogP contribution in [0.2, 0.25) is 0 Å². The van der Waals surface area contributed by atoms with Crippen LogP contribution in [0.5, 0.6) is 0 Å². The molecule has 1 heterocycles. The smallest absolute Gasteiger partial charge is 0.351 e. The molecule has 0 amide bonds. The van der Waals surface area contributed by atoms with Gasteiger partial charge in [-0.1, -0.05) is 5.04 Å². The summed E-state index contributed by atoms with van der Waals surface area (Å²) in [5, 5.41) is 17.1. The van der Waals surface area contributed by atoms with E-state index in [1.54, 1.807) is 31.3 Å². The highest BCUT2D eigenvalue weighted by Gasteiger charge is 2.02. The Balaban J connectivity index is 2.09. The lowest BCUT2D eigenvalue weighted by molar-refractivity contribution is -0.432. The summed E-state index contributed by atoms with van der Waals surface area (Å²) in [5.74, 6) is 0.488. The number of hydrogen-bond acceptors (Lipinski definition) is 9.